The lowest BCUT2D eigenvalue weighted by atomic mass is 10.1. The third-order valence-electron chi connectivity index (χ3n) is 4.66. The molecule has 0 bridgehead atoms. The summed E-state index contributed by atoms with van der Waals surface area (Å²) in [5, 5.41) is 17.2. The van der Waals surface area contributed by atoms with Crippen LogP contribution >= 0.6 is 11.6 Å². The average molecular weight is 404 g/mol. The standard InChI is InChI=1S/C21H18ClN7/c1-13-10-26-18(11-25-13)14-4-3-5-16(8-14)28(2)20-17-7-6-15(22)9-19(17)29(12-23)21(24)27-20/h3-12,23-24H,1-2H3. The number of nitrogens with one attached hydrogen (secondary N) is 2. The van der Waals surface area contributed by atoms with Crippen molar-refractivity contribution < 1.29 is 0 Å². The van der Waals surface area contributed by atoms with E-state index in [1.807, 2.05) is 49.2 Å². The van der Waals surface area contributed by atoms with Gasteiger partial charge < -0.3 is 4.90 Å². The molecule has 7 nitrogen and oxygen atoms in total. The first-order valence-corrected chi connectivity index (χ1v) is 9.25. The van der Waals surface area contributed by atoms with Crippen LogP contribution in [0.1, 0.15) is 5.69 Å². The van der Waals surface area contributed by atoms with E-state index in [1.54, 1.807) is 24.5 Å². The van der Waals surface area contributed by atoms with Gasteiger partial charge in [-0.3, -0.25) is 25.4 Å². The van der Waals surface area contributed by atoms with Crippen molar-refractivity contribution in [2.75, 3.05) is 11.9 Å². The van der Waals surface area contributed by atoms with E-state index in [-0.39, 0.29) is 5.62 Å². The van der Waals surface area contributed by atoms with Gasteiger partial charge in [-0.05, 0) is 37.3 Å². The predicted molar refractivity (Wildman–Crippen MR) is 115 cm³/mol. The summed E-state index contributed by atoms with van der Waals surface area (Å²) in [6.07, 6.45) is 4.56. The van der Waals surface area contributed by atoms with Gasteiger partial charge in [0, 0.05) is 34.9 Å². The van der Waals surface area contributed by atoms with Crippen molar-refractivity contribution in [1.82, 2.24) is 19.5 Å². The molecule has 0 saturated heterocycles. The van der Waals surface area contributed by atoms with E-state index in [4.69, 9.17) is 22.4 Å². The van der Waals surface area contributed by atoms with Crippen molar-refractivity contribution in [2.45, 2.75) is 6.92 Å². The Morgan fingerprint density at radius 1 is 1.10 bits per heavy atom. The summed E-state index contributed by atoms with van der Waals surface area (Å²) in [5.74, 6) is 0.604. The summed E-state index contributed by atoms with van der Waals surface area (Å²) in [6.45, 7) is 1.90. The lowest BCUT2D eigenvalue weighted by Crippen LogP contribution is -2.26. The summed E-state index contributed by atoms with van der Waals surface area (Å²) in [7, 11) is 1.89. The number of aromatic nitrogens is 4. The van der Waals surface area contributed by atoms with E-state index in [0.717, 1.165) is 34.4 Å². The molecule has 2 aromatic heterocycles. The van der Waals surface area contributed by atoms with Gasteiger partial charge in [0.05, 0.1) is 29.4 Å². The molecule has 0 atom stereocenters. The van der Waals surface area contributed by atoms with Crippen molar-refractivity contribution in [3.05, 3.63) is 71.2 Å². The first-order chi connectivity index (χ1) is 14.0. The number of nitrogens with zero attached hydrogens (tertiary/aromatic N) is 5. The van der Waals surface area contributed by atoms with Crippen LogP contribution in [0, 0.1) is 17.7 Å². The molecule has 4 aromatic rings. The van der Waals surface area contributed by atoms with E-state index < -0.39 is 0 Å². The lowest BCUT2D eigenvalue weighted by molar-refractivity contribution is 0.915. The summed E-state index contributed by atoms with van der Waals surface area (Å²) >= 11 is 6.15. The summed E-state index contributed by atoms with van der Waals surface area (Å²) in [4.78, 5) is 15.1. The number of aryl methyl sites for hydroxylation is 1. The molecule has 4 rings (SSSR count). The monoisotopic (exact) mass is 403 g/mol. The molecule has 0 aliphatic rings. The van der Waals surface area contributed by atoms with E-state index in [2.05, 4.69) is 15.0 Å². The van der Waals surface area contributed by atoms with E-state index >= 15 is 0 Å². The average Bonchev–Trinajstić information content (AvgIpc) is 2.73. The third-order valence-corrected chi connectivity index (χ3v) is 4.89. The quantitative estimate of drug-likeness (QED) is 0.395. The molecule has 0 radical (unpaired) electrons. The highest BCUT2D eigenvalue weighted by Crippen LogP contribution is 2.31. The number of benzene rings is 2. The van der Waals surface area contributed by atoms with Crippen LogP contribution in [0.5, 0.6) is 0 Å². The molecule has 2 aromatic carbocycles. The highest BCUT2D eigenvalue weighted by Gasteiger charge is 2.14. The van der Waals surface area contributed by atoms with Gasteiger partial charge in [0.15, 0.2) is 0 Å². The second-order valence-corrected chi connectivity index (χ2v) is 7.01. The molecule has 2 N–H and O–H groups in total. The zero-order valence-corrected chi connectivity index (χ0v) is 16.6. The number of hydrogen-bond acceptors (Lipinski definition) is 6. The maximum absolute atomic E-state index is 8.23. The Labute approximate surface area is 172 Å². The first-order valence-electron chi connectivity index (χ1n) is 8.88. The van der Waals surface area contributed by atoms with Gasteiger partial charge in [-0.2, -0.15) is 4.98 Å². The number of hydrogen-bond donors (Lipinski definition) is 2. The van der Waals surface area contributed by atoms with Crippen molar-refractivity contribution >= 4 is 40.3 Å². The zero-order valence-electron chi connectivity index (χ0n) is 15.9. The van der Waals surface area contributed by atoms with Crippen molar-refractivity contribution in [3.8, 4) is 11.3 Å². The fourth-order valence-corrected chi connectivity index (χ4v) is 3.31. The van der Waals surface area contributed by atoms with Crippen LogP contribution in [0.15, 0.2) is 54.9 Å². The highest BCUT2D eigenvalue weighted by molar-refractivity contribution is 6.31. The fraction of sp³-hybridized carbons (Fsp3) is 0.0952. The number of halogens is 1. The molecule has 144 valence electrons. The maximum atomic E-state index is 8.23. The van der Waals surface area contributed by atoms with E-state index in [0.29, 0.717) is 16.4 Å². The minimum absolute atomic E-state index is 0.0443. The predicted octanol–water partition coefficient (Wildman–Crippen LogP) is 4.16. The van der Waals surface area contributed by atoms with Crippen molar-refractivity contribution in [3.63, 3.8) is 0 Å². The first kappa shape index (κ1) is 18.8. The van der Waals surface area contributed by atoms with Crippen molar-refractivity contribution in [2.24, 2.45) is 0 Å². The Balaban J connectivity index is 1.85. The Morgan fingerprint density at radius 2 is 1.93 bits per heavy atom. The maximum Gasteiger partial charge on any atom is 0.229 e. The molecular weight excluding hydrogens is 386 g/mol. The Bertz CT molecular complexity index is 1280. The topological polar surface area (TPSA) is 94.5 Å². The van der Waals surface area contributed by atoms with Crippen LogP contribution in [0.2, 0.25) is 5.02 Å². The molecule has 0 fully saturated rings. The van der Waals surface area contributed by atoms with Gasteiger partial charge in [0.2, 0.25) is 5.62 Å². The summed E-state index contributed by atoms with van der Waals surface area (Å²) in [6, 6.07) is 13.3. The Kier molecular flexibility index (Phi) is 4.82. The van der Waals surface area contributed by atoms with Gasteiger partial charge >= 0.3 is 0 Å². The molecule has 2 heterocycles. The molecular formula is C21H18ClN7. The molecule has 0 saturated carbocycles. The second kappa shape index (κ2) is 7.44. The SMILES string of the molecule is Cc1cnc(-c2cccc(N(C)c3nc(=N)n(C=N)c4cc(Cl)ccc34)c2)cn1. The highest BCUT2D eigenvalue weighted by atomic mass is 35.5. The van der Waals surface area contributed by atoms with Crippen molar-refractivity contribution in [1.29, 1.82) is 10.8 Å². The molecule has 0 aliphatic carbocycles. The number of fused-ring (bicyclic) bond motifs is 1. The molecule has 0 aliphatic heterocycles. The van der Waals surface area contributed by atoms with Crippen LogP contribution in [-0.4, -0.2) is 32.9 Å². The smallest absolute Gasteiger partial charge is 0.229 e. The summed E-state index contributed by atoms with van der Waals surface area (Å²) in [5.41, 5.74) is 4.08. The Hall–Kier alpha value is -3.58. The van der Waals surface area contributed by atoms with Crippen LogP contribution in [0.3, 0.4) is 0 Å². The normalized spacial score (nSPS) is 10.9. The molecule has 0 amide bonds. The molecule has 8 heteroatoms. The van der Waals surface area contributed by atoms with E-state index in [1.165, 1.54) is 4.57 Å². The van der Waals surface area contributed by atoms with Gasteiger partial charge in [-0.15, -0.1) is 0 Å². The number of anilines is 2. The second-order valence-electron chi connectivity index (χ2n) is 6.57. The lowest BCUT2D eigenvalue weighted by Gasteiger charge is -2.21. The zero-order chi connectivity index (χ0) is 20.5. The van der Waals surface area contributed by atoms with Gasteiger partial charge in [-0.1, -0.05) is 23.7 Å². The third kappa shape index (κ3) is 3.48. The largest absolute Gasteiger partial charge is 0.329 e. The Morgan fingerprint density at radius 3 is 2.66 bits per heavy atom. The van der Waals surface area contributed by atoms with Crippen LogP contribution in [0.25, 0.3) is 22.2 Å². The van der Waals surface area contributed by atoms with Gasteiger partial charge in [-0.25, -0.2) is 0 Å². The van der Waals surface area contributed by atoms with Crippen LogP contribution in [0.4, 0.5) is 11.5 Å². The van der Waals surface area contributed by atoms with Gasteiger partial charge in [0.1, 0.15) is 5.82 Å². The van der Waals surface area contributed by atoms with E-state index in [9.17, 15) is 0 Å². The molecule has 0 unspecified atom stereocenters. The minimum Gasteiger partial charge on any atom is -0.329 e. The number of rotatable bonds is 4. The molecule has 0 spiro atoms. The van der Waals surface area contributed by atoms with Crippen LogP contribution in [-0.2, 0) is 0 Å². The van der Waals surface area contributed by atoms with Crippen LogP contribution < -0.4 is 10.5 Å². The summed E-state index contributed by atoms with van der Waals surface area (Å²) < 4.78 is 1.39. The fourth-order valence-electron chi connectivity index (χ4n) is 3.15. The van der Waals surface area contributed by atoms with Gasteiger partial charge in [0.25, 0.3) is 0 Å². The molecule has 29 heavy (non-hydrogen) atoms. The minimum atomic E-state index is -0.0443.